The summed E-state index contributed by atoms with van der Waals surface area (Å²) in [7, 11) is 15.0. The van der Waals surface area contributed by atoms with Gasteiger partial charge in [-0.05, 0) is 13.8 Å². The molecule has 2 rings (SSSR count). The van der Waals surface area contributed by atoms with Gasteiger partial charge in [-0.15, -0.1) is 0 Å². The van der Waals surface area contributed by atoms with Crippen molar-refractivity contribution < 1.29 is 0 Å². The Morgan fingerprint density at radius 3 is 1.31 bits per heavy atom. The number of nitrogens with zero attached hydrogens (tertiary/aromatic N) is 4. The fraction of sp³-hybridized carbons (Fsp3) is 0.250. The van der Waals surface area contributed by atoms with Crippen LogP contribution in [0.2, 0.25) is 0 Å². The van der Waals surface area contributed by atoms with Crippen LogP contribution in [-0.2, 0) is 0 Å². The van der Waals surface area contributed by atoms with Gasteiger partial charge in [0.2, 0.25) is 0 Å². The zero-order chi connectivity index (χ0) is 12.4. The topological polar surface area (TPSA) is 54.0 Å². The first-order valence-corrected chi connectivity index (χ1v) is 13.8. The predicted molar refractivity (Wildman–Crippen MR) is 67.9 cm³/mol. The molecule has 0 amide bonds. The Kier molecular flexibility index (Phi) is 10.1. The summed E-state index contributed by atoms with van der Waals surface area (Å²) in [5, 5.41) is 14.3. The molecule has 0 bridgehead atoms. The Bertz CT molecular complexity index is 301. The Hall–Kier alpha value is -0.0736. The van der Waals surface area contributed by atoms with Crippen LogP contribution in [0.25, 0.3) is 0 Å². The molecule has 0 spiro atoms. The summed E-state index contributed by atoms with van der Waals surface area (Å²) >= 11 is -2.06. The van der Waals surface area contributed by atoms with Crippen LogP contribution in [0.15, 0.2) is 24.8 Å². The molecule has 2 aromatic rings. The van der Waals surface area contributed by atoms with Crippen molar-refractivity contribution in [3.8, 4) is 0 Å². The number of aryl methyl sites for hydroxylation is 2. The molecule has 0 unspecified atom stereocenters. The van der Waals surface area contributed by atoms with Gasteiger partial charge in [0.1, 0.15) is 0 Å². The minimum absolute atomic E-state index is 1.12. The third-order valence-corrected chi connectivity index (χ3v) is 1.18. The van der Waals surface area contributed by atoms with Crippen molar-refractivity contribution in [3.05, 3.63) is 35.9 Å². The fourth-order valence-electron chi connectivity index (χ4n) is 0.564. The molecule has 0 saturated heterocycles. The molecule has 0 radical (unpaired) electrons. The van der Waals surface area contributed by atoms with E-state index in [4.69, 9.17) is 28.9 Å². The van der Waals surface area contributed by atoms with Crippen molar-refractivity contribution in [3.63, 3.8) is 0 Å². The second kappa shape index (κ2) is 10.1. The van der Waals surface area contributed by atoms with Crippen LogP contribution in [0.3, 0.4) is 0 Å². The van der Waals surface area contributed by atoms with Crippen LogP contribution in [0.4, 0.5) is 0 Å². The second-order valence-electron chi connectivity index (χ2n) is 2.71. The first kappa shape index (κ1) is 15.9. The molecule has 0 aliphatic heterocycles. The van der Waals surface area contributed by atoms with Gasteiger partial charge in [0.15, 0.2) is 0 Å². The molecule has 2 aromatic heterocycles. The van der Waals surface area contributed by atoms with E-state index in [1.165, 1.54) is 0 Å². The number of rotatable bonds is 0. The third kappa shape index (κ3) is 12.0. The average Bonchev–Trinajstić information content (AvgIpc) is 2.78. The first-order valence-electron chi connectivity index (χ1n) is 4.24. The van der Waals surface area contributed by atoms with Gasteiger partial charge < -0.3 is 20.4 Å². The van der Waals surface area contributed by atoms with Gasteiger partial charge in [0, 0.05) is 12.4 Å². The van der Waals surface area contributed by atoms with Crippen LogP contribution in [-0.4, -0.2) is 23.4 Å². The zero-order valence-corrected chi connectivity index (χ0v) is 13.5. The monoisotopic (exact) mass is 336 g/mol. The van der Waals surface area contributed by atoms with Crippen molar-refractivity contribution in [1.29, 1.82) is 0 Å². The summed E-state index contributed by atoms with van der Waals surface area (Å²) in [5.74, 6) is 0. The van der Waals surface area contributed by atoms with Crippen LogP contribution < -0.4 is 10.2 Å². The Morgan fingerprint density at radius 1 is 0.938 bits per heavy atom. The fourth-order valence-corrected chi connectivity index (χ4v) is 0.564. The van der Waals surface area contributed by atoms with Gasteiger partial charge in [0.05, 0.1) is 0 Å². The number of aromatic nitrogens is 4. The third-order valence-electron chi connectivity index (χ3n) is 1.18. The summed E-state index contributed by atoms with van der Waals surface area (Å²) in [6, 6.07) is 0. The zero-order valence-electron chi connectivity index (χ0n) is 8.81. The SMILES string of the molecule is Cc1cn[n-]c1.Cc1cn[n-]c1.[Cl][Ga]([Cl])[Cl]. The van der Waals surface area contributed by atoms with Crippen LogP contribution in [0, 0.1) is 13.8 Å². The van der Waals surface area contributed by atoms with Gasteiger partial charge in [-0.2, -0.15) is 12.4 Å². The van der Waals surface area contributed by atoms with Crippen molar-refractivity contribution in [1.82, 2.24) is 20.4 Å². The molecule has 88 valence electrons. The minimum atomic E-state index is -2.06. The number of halogens is 3. The second-order valence-corrected chi connectivity index (χ2v) is 14.0. The summed E-state index contributed by atoms with van der Waals surface area (Å²) in [6.07, 6.45) is 6.89. The van der Waals surface area contributed by atoms with E-state index in [9.17, 15) is 0 Å². The van der Waals surface area contributed by atoms with Gasteiger partial charge in [-0.3, -0.25) is 0 Å². The van der Waals surface area contributed by atoms with Crippen molar-refractivity contribution in [2.45, 2.75) is 13.8 Å². The molecular formula is C8H10Cl3GaN4-2. The Balaban J connectivity index is 0.000000217. The molecule has 0 N–H and O–H groups in total. The normalized spacial score (nSPS) is 8.31. The van der Waals surface area contributed by atoms with E-state index in [1.54, 1.807) is 24.8 Å². The number of hydrogen-bond donors (Lipinski definition) is 0. The van der Waals surface area contributed by atoms with E-state index in [2.05, 4.69) is 20.4 Å². The van der Waals surface area contributed by atoms with Crippen molar-refractivity contribution in [2.24, 2.45) is 0 Å². The molecule has 0 atom stereocenters. The molecule has 0 saturated carbocycles. The molecular weight excluding hydrogens is 328 g/mol. The first-order chi connectivity index (χ1) is 7.52. The Morgan fingerprint density at radius 2 is 1.25 bits per heavy atom. The molecule has 0 aliphatic rings. The van der Waals surface area contributed by atoms with E-state index < -0.39 is 13.2 Å². The van der Waals surface area contributed by atoms with Crippen LogP contribution in [0.1, 0.15) is 11.1 Å². The molecule has 16 heavy (non-hydrogen) atoms. The quantitative estimate of drug-likeness (QED) is 0.692. The number of hydrogen-bond acceptors (Lipinski definition) is 2. The van der Waals surface area contributed by atoms with Gasteiger partial charge >= 0.3 is 42.1 Å². The molecule has 4 nitrogen and oxygen atoms in total. The standard InChI is InChI=1S/2C4H5N2.3ClH.Ga/c2*1-4-2-5-6-3-4;;;;/h2*2-3H,1H3;3*1H;/q2*-1;;;;+3/p-3. The molecule has 0 aromatic carbocycles. The van der Waals surface area contributed by atoms with E-state index >= 15 is 0 Å². The summed E-state index contributed by atoms with van der Waals surface area (Å²) in [5.41, 5.74) is 2.24. The van der Waals surface area contributed by atoms with E-state index in [-0.39, 0.29) is 0 Å². The van der Waals surface area contributed by atoms with Crippen LogP contribution in [0.5, 0.6) is 0 Å². The molecule has 0 fully saturated rings. The average molecular weight is 338 g/mol. The molecule has 2 heterocycles. The molecule has 8 heteroatoms. The van der Waals surface area contributed by atoms with Gasteiger partial charge in [-0.1, -0.05) is 11.1 Å². The van der Waals surface area contributed by atoms with Crippen molar-refractivity contribution >= 4 is 42.1 Å². The maximum absolute atomic E-state index is 4.99. The van der Waals surface area contributed by atoms with Gasteiger partial charge in [0.25, 0.3) is 0 Å². The maximum atomic E-state index is 4.99. The predicted octanol–water partition coefficient (Wildman–Crippen LogP) is 2.38. The van der Waals surface area contributed by atoms with E-state index in [0.29, 0.717) is 0 Å². The van der Waals surface area contributed by atoms with Gasteiger partial charge in [-0.25, -0.2) is 0 Å². The van der Waals surface area contributed by atoms with Crippen LogP contribution >= 0.6 is 28.9 Å². The summed E-state index contributed by atoms with van der Waals surface area (Å²) in [6.45, 7) is 3.92. The Labute approximate surface area is 112 Å². The van der Waals surface area contributed by atoms with E-state index in [0.717, 1.165) is 11.1 Å². The summed E-state index contributed by atoms with van der Waals surface area (Å²) < 4.78 is 0. The van der Waals surface area contributed by atoms with E-state index in [1.807, 2.05) is 13.8 Å². The van der Waals surface area contributed by atoms with Crippen molar-refractivity contribution in [2.75, 3.05) is 0 Å². The summed E-state index contributed by atoms with van der Waals surface area (Å²) in [4.78, 5) is 0. The molecule has 0 aliphatic carbocycles.